The van der Waals surface area contributed by atoms with Gasteiger partial charge in [0, 0.05) is 42.3 Å². The second-order valence-electron chi connectivity index (χ2n) is 21.7. The largest absolute Gasteiger partial charge is 0.504 e. The van der Waals surface area contributed by atoms with E-state index in [0.717, 1.165) is 48.1 Å². The van der Waals surface area contributed by atoms with E-state index in [-0.39, 0.29) is 37.9 Å². The van der Waals surface area contributed by atoms with Crippen LogP contribution < -0.4 is 41.2 Å². The number of amides is 8. The number of aromatic hydroxyl groups is 1. The Kier molecular flexibility index (Phi) is 22.0. The third kappa shape index (κ3) is 16.8. The maximum Gasteiger partial charge on any atom is 0.446 e. The molecule has 6 unspecified atom stereocenters. The Morgan fingerprint density at radius 1 is 0.805 bits per heavy atom. The zero-order chi connectivity index (χ0) is 63.6. The van der Waals surface area contributed by atoms with E-state index in [4.69, 9.17) is 15.0 Å². The molecule has 3 aliphatic rings. The van der Waals surface area contributed by atoms with E-state index in [2.05, 4.69) is 42.8 Å². The fourth-order valence-electron chi connectivity index (χ4n) is 10.3. The van der Waals surface area contributed by atoms with Crippen molar-refractivity contribution in [2.24, 2.45) is 11.7 Å². The number of carbonyl (C=O) groups excluding carboxylic acids is 8. The van der Waals surface area contributed by atoms with Gasteiger partial charge in [-0.1, -0.05) is 50.0 Å². The first kappa shape index (κ1) is 66.2. The smallest absolute Gasteiger partial charge is 0.446 e. The summed E-state index contributed by atoms with van der Waals surface area (Å²) in [6.07, 6.45) is -12.5. The maximum absolute atomic E-state index is 14.6. The van der Waals surface area contributed by atoms with Crippen LogP contribution in [0.25, 0.3) is 22.6 Å². The summed E-state index contributed by atoms with van der Waals surface area (Å²) in [5, 5.41) is 94.4. The van der Waals surface area contributed by atoms with Crippen molar-refractivity contribution in [2.75, 3.05) is 19.7 Å². The number of phenolic OH excluding ortho intramolecular Hbond substituents is 1. The lowest BCUT2D eigenvalue weighted by Gasteiger charge is -2.34. The highest BCUT2D eigenvalue weighted by Gasteiger charge is 2.47. The van der Waals surface area contributed by atoms with Gasteiger partial charge >= 0.3 is 10.4 Å². The number of primary amides is 1. The van der Waals surface area contributed by atoms with Gasteiger partial charge in [-0.2, -0.15) is 8.42 Å². The number of aliphatic hydroxyl groups is 6. The second-order valence-corrected chi connectivity index (χ2v) is 22.7. The topological polar surface area (TPSA) is 470 Å². The molecule has 0 saturated carbocycles. The molecule has 0 radical (unpaired) electrons. The highest BCUT2D eigenvalue weighted by molar-refractivity contribution is 7.81. The number of carbonyl (C=O) groups is 8. The number of aromatic nitrogens is 1. The van der Waals surface area contributed by atoms with Crippen molar-refractivity contribution in [3.8, 4) is 39.8 Å². The molecule has 30 nitrogen and oxygen atoms in total. The van der Waals surface area contributed by atoms with Crippen LogP contribution in [0.15, 0.2) is 77.3 Å². The number of ether oxygens (including phenoxy) is 1. The van der Waals surface area contributed by atoms with E-state index < -0.39 is 166 Å². The first-order chi connectivity index (χ1) is 41.1. The number of benzene rings is 3. The van der Waals surface area contributed by atoms with Gasteiger partial charge in [-0.15, -0.1) is 0 Å². The number of fused-ring (bicyclic) bond motifs is 2. The zero-order valence-electron chi connectivity index (χ0n) is 47.4. The molecule has 3 aliphatic heterocycles. The van der Waals surface area contributed by atoms with Crippen LogP contribution in [-0.2, 0) is 44.0 Å². The molecule has 13 atom stereocenters. The lowest BCUT2D eigenvalue weighted by Crippen LogP contribution is -2.64. The van der Waals surface area contributed by atoms with Crippen molar-refractivity contribution in [2.45, 2.75) is 145 Å². The van der Waals surface area contributed by atoms with Gasteiger partial charge in [0.25, 0.3) is 5.91 Å². The number of phenols is 1. The summed E-state index contributed by atoms with van der Waals surface area (Å²) < 4.78 is 48.1. The molecule has 472 valence electrons. The molecular weight excluding hydrogens is 1170 g/mol. The summed E-state index contributed by atoms with van der Waals surface area (Å²) in [5.41, 5.74) is 6.41. The molecular formula is C56H71N9O21S. The lowest BCUT2D eigenvalue weighted by molar-refractivity contribution is -0.148. The van der Waals surface area contributed by atoms with Gasteiger partial charge in [0.2, 0.25) is 41.4 Å². The first-order valence-electron chi connectivity index (χ1n) is 27.9. The fourth-order valence-corrected chi connectivity index (χ4v) is 10.7. The van der Waals surface area contributed by atoms with E-state index >= 15 is 0 Å². The quantitative estimate of drug-likeness (QED) is 0.0384. The van der Waals surface area contributed by atoms with Gasteiger partial charge in [-0.05, 0) is 92.6 Å². The normalized spacial score (nSPS) is 25.1. The molecule has 3 saturated heterocycles. The number of nitrogens with two attached hydrogens (primary N) is 1. The predicted molar refractivity (Wildman–Crippen MR) is 301 cm³/mol. The standard InChI is InChI=1S/C56H71N9O21S/c1-4-5-6-20-84-33-16-13-30(14-17-33)41-24-34(63-85-41)29-9-11-31(12-10-29)49(73)58-35-23-40(69)53(77)62-52(76)37-21-27(2)26-65(37)56(80)45(39(68)25-43(57)70)60-54(78)46(48(72)47(71)32-15-18-38(67)42(22-32)86-87(81,82)83)61-51(75)36-8-7-19-64(36)55(79)44(28(3)66)59-50(35)74/h9-18,22,24,27-28,35-37,39-40,44-48,53,66-69,71-72,77H,4-8,19-21,23,25-26H2,1-3H3,(H2,57,70)(H,58,73)(H,59,74)(H,60,78)(H,61,75)(H,62,76)(H,81,82,83)/t27?,28?,35-,36+,37+,39?,40-,44+,45+,46+,47?,48?,53?/m1/s1. The Balaban J connectivity index is 1.20. The Hall–Kier alpha value is -8.30. The molecule has 0 spiro atoms. The number of hydrogen-bond donors (Lipinski definition) is 14. The lowest BCUT2D eigenvalue weighted by atomic mass is 9.96. The Bertz CT molecular complexity index is 3260. The molecule has 0 bridgehead atoms. The SMILES string of the molecule is CCCCCOc1ccc(-c2cc(-c3ccc(C(=O)N[C@@H]4C[C@@H](O)C(O)NC(=O)[C@@H]5CC(C)CN5C(=O)[C@H](C(O)CC(N)=O)NC(=O)[C@H](C(O)C(O)c5ccc(O)c(OS(=O)(=O)O)c5)NC(=O)[C@@H]5CCCN5C(=O)[C@H](C(C)O)NC4=O)cc3)no2)cc1. The third-order valence-electron chi connectivity index (χ3n) is 15.0. The van der Waals surface area contributed by atoms with E-state index in [1.54, 1.807) is 13.0 Å². The highest BCUT2D eigenvalue weighted by Crippen LogP contribution is 2.33. The third-order valence-corrected chi connectivity index (χ3v) is 15.4. The van der Waals surface area contributed by atoms with Crippen molar-refractivity contribution < 1.29 is 101 Å². The number of hydrogen-bond acceptors (Lipinski definition) is 21. The van der Waals surface area contributed by atoms with E-state index in [0.29, 0.717) is 41.0 Å². The number of rotatable bonds is 18. The molecule has 4 aromatic rings. The molecule has 7 rings (SSSR count). The van der Waals surface area contributed by atoms with Crippen molar-refractivity contribution in [3.05, 3.63) is 83.9 Å². The summed E-state index contributed by atoms with van der Waals surface area (Å²) in [7, 11) is -5.31. The van der Waals surface area contributed by atoms with Crippen molar-refractivity contribution in [1.82, 2.24) is 41.5 Å². The Morgan fingerprint density at radius 2 is 1.45 bits per heavy atom. The van der Waals surface area contributed by atoms with Gasteiger partial charge in [0.1, 0.15) is 66.0 Å². The van der Waals surface area contributed by atoms with Crippen LogP contribution >= 0.6 is 0 Å². The minimum atomic E-state index is -5.31. The molecule has 4 heterocycles. The predicted octanol–water partition coefficient (Wildman–Crippen LogP) is -1.84. The average molecular weight is 1240 g/mol. The minimum absolute atomic E-state index is 0.0492. The maximum atomic E-state index is 14.6. The van der Waals surface area contributed by atoms with Gasteiger partial charge < -0.3 is 91.3 Å². The molecule has 3 fully saturated rings. The van der Waals surface area contributed by atoms with Gasteiger partial charge in [0.05, 0.1) is 25.2 Å². The summed E-state index contributed by atoms with van der Waals surface area (Å²) in [6.45, 7) is 4.86. The van der Waals surface area contributed by atoms with Crippen LogP contribution in [-0.4, -0.2) is 198 Å². The molecule has 1 aromatic heterocycles. The second kappa shape index (κ2) is 28.9. The Labute approximate surface area is 498 Å². The number of nitrogens with zero attached hydrogens (tertiary/aromatic N) is 3. The first-order valence-corrected chi connectivity index (χ1v) is 29.3. The molecule has 87 heavy (non-hydrogen) atoms. The van der Waals surface area contributed by atoms with Gasteiger partial charge in [-0.3, -0.25) is 42.9 Å². The van der Waals surface area contributed by atoms with E-state index in [1.165, 1.54) is 24.3 Å². The molecule has 31 heteroatoms. The number of aliphatic hydroxyl groups excluding tert-OH is 6. The number of nitrogens with one attached hydrogen (secondary N) is 5. The van der Waals surface area contributed by atoms with Gasteiger partial charge in [0.15, 0.2) is 23.5 Å². The minimum Gasteiger partial charge on any atom is -0.504 e. The highest BCUT2D eigenvalue weighted by atomic mass is 32.3. The molecule has 8 amide bonds. The van der Waals surface area contributed by atoms with Crippen LogP contribution in [0.5, 0.6) is 17.2 Å². The monoisotopic (exact) mass is 1240 g/mol. The average Bonchev–Trinajstić information content (AvgIpc) is 2.27. The molecule has 15 N–H and O–H groups in total. The van der Waals surface area contributed by atoms with Crippen molar-refractivity contribution in [1.29, 1.82) is 0 Å². The fraction of sp³-hybridized carbons (Fsp3) is 0.482. The summed E-state index contributed by atoms with van der Waals surface area (Å²) in [6, 6.07) is 5.32. The summed E-state index contributed by atoms with van der Waals surface area (Å²) >= 11 is 0. The van der Waals surface area contributed by atoms with E-state index in [1.807, 2.05) is 24.3 Å². The van der Waals surface area contributed by atoms with Crippen LogP contribution in [0, 0.1) is 5.92 Å². The van der Waals surface area contributed by atoms with Crippen LogP contribution in [0.2, 0.25) is 0 Å². The zero-order valence-corrected chi connectivity index (χ0v) is 48.2. The summed E-state index contributed by atoms with van der Waals surface area (Å²) in [5.74, 6) is -11.0. The van der Waals surface area contributed by atoms with Gasteiger partial charge in [-0.25, -0.2) is 0 Å². The molecule has 3 aromatic carbocycles. The van der Waals surface area contributed by atoms with Crippen molar-refractivity contribution in [3.63, 3.8) is 0 Å². The van der Waals surface area contributed by atoms with Crippen molar-refractivity contribution >= 4 is 57.7 Å². The molecule has 0 aliphatic carbocycles. The summed E-state index contributed by atoms with van der Waals surface area (Å²) in [4.78, 5) is 115. The number of unbranched alkanes of at least 4 members (excludes halogenated alkanes) is 2. The van der Waals surface area contributed by atoms with E-state index in [9.17, 15) is 87.1 Å². The van der Waals surface area contributed by atoms with Crippen LogP contribution in [0.1, 0.15) is 94.2 Å². The van der Waals surface area contributed by atoms with Crippen LogP contribution in [0.3, 0.4) is 0 Å². The van der Waals surface area contributed by atoms with Crippen LogP contribution in [0.4, 0.5) is 0 Å². The Morgan fingerprint density at radius 3 is 2.10 bits per heavy atom.